The SMILES string of the molecule is O=C(NCCN1C(=O)CNC1=O)c1cn(-c2ccccc2)nc1-c1ccccc1. The molecule has 2 N–H and O–H groups in total. The summed E-state index contributed by atoms with van der Waals surface area (Å²) in [6.45, 7) is 0.265. The van der Waals surface area contributed by atoms with E-state index in [0.717, 1.165) is 16.2 Å². The molecule has 0 radical (unpaired) electrons. The van der Waals surface area contributed by atoms with E-state index in [1.54, 1.807) is 10.9 Å². The Bertz CT molecular complexity index is 1030. The van der Waals surface area contributed by atoms with E-state index in [0.29, 0.717) is 11.3 Å². The number of carbonyl (C=O) groups excluding carboxylic acids is 3. The Hall–Kier alpha value is -3.94. The molecule has 146 valence electrons. The lowest BCUT2D eigenvalue weighted by molar-refractivity contribution is -0.124. The highest BCUT2D eigenvalue weighted by Crippen LogP contribution is 2.23. The molecule has 1 aliphatic rings. The number of aromatic nitrogens is 2. The topological polar surface area (TPSA) is 96.3 Å². The maximum atomic E-state index is 12.9. The van der Waals surface area contributed by atoms with Crippen LogP contribution in [0.15, 0.2) is 66.9 Å². The molecule has 2 aromatic carbocycles. The lowest BCUT2D eigenvalue weighted by Gasteiger charge is -2.12. The van der Waals surface area contributed by atoms with Crippen molar-refractivity contribution in [3.63, 3.8) is 0 Å². The molecule has 0 aliphatic carbocycles. The monoisotopic (exact) mass is 389 g/mol. The molecule has 1 fully saturated rings. The van der Waals surface area contributed by atoms with Crippen molar-refractivity contribution in [1.82, 2.24) is 25.3 Å². The van der Waals surface area contributed by atoms with Crippen LogP contribution in [-0.4, -0.2) is 52.2 Å². The molecule has 1 saturated heterocycles. The molecule has 4 amide bonds. The van der Waals surface area contributed by atoms with Gasteiger partial charge in [-0.3, -0.25) is 14.5 Å². The van der Waals surface area contributed by atoms with Gasteiger partial charge in [-0.25, -0.2) is 9.48 Å². The zero-order chi connectivity index (χ0) is 20.2. The molecule has 0 saturated carbocycles. The zero-order valence-electron chi connectivity index (χ0n) is 15.5. The van der Waals surface area contributed by atoms with Crippen LogP contribution >= 0.6 is 0 Å². The number of rotatable bonds is 6. The summed E-state index contributed by atoms with van der Waals surface area (Å²) in [5.41, 5.74) is 2.63. The fraction of sp³-hybridized carbons (Fsp3) is 0.143. The second-order valence-corrected chi connectivity index (χ2v) is 6.50. The van der Waals surface area contributed by atoms with Crippen molar-refractivity contribution in [2.45, 2.75) is 0 Å². The van der Waals surface area contributed by atoms with Crippen LogP contribution in [0.1, 0.15) is 10.4 Å². The predicted molar refractivity (Wildman–Crippen MR) is 106 cm³/mol. The molecule has 0 spiro atoms. The van der Waals surface area contributed by atoms with E-state index in [4.69, 9.17) is 0 Å². The zero-order valence-corrected chi connectivity index (χ0v) is 15.5. The number of carbonyl (C=O) groups is 3. The van der Waals surface area contributed by atoms with Crippen LogP contribution in [0.5, 0.6) is 0 Å². The van der Waals surface area contributed by atoms with Gasteiger partial charge in [0.2, 0.25) is 5.91 Å². The molecule has 0 atom stereocenters. The van der Waals surface area contributed by atoms with Crippen molar-refractivity contribution in [2.75, 3.05) is 19.6 Å². The number of hydrogen-bond acceptors (Lipinski definition) is 4. The van der Waals surface area contributed by atoms with Crippen molar-refractivity contribution >= 4 is 17.8 Å². The first-order chi connectivity index (χ1) is 14.1. The summed E-state index contributed by atoms with van der Waals surface area (Å²) in [5.74, 6) is -0.621. The molecule has 4 rings (SSSR count). The average Bonchev–Trinajstić information content (AvgIpc) is 3.34. The quantitative estimate of drug-likeness (QED) is 0.629. The van der Waals surface area contributed by atoms with Gasteiger partial charge >= 0.3 is 6.03 Å². The number of amides is 4. The van der Waals surface area contributed by atoms with Crippen molar-refractivity contribution < 1.29 is 14.4 Å². The number of benzene rings is 2. The minimum Gasteiger partial charge on any atom is -0.350 e. The van der Waals surface area contributed by atoms with E-state index >= 15 is 0 Å². The van der Waals surface area contributed by atoms with Gasteiger partial charge in [-0.05, 0) is 12.1 Å². The van der Waals surface area contributed by atoms with E-state index in [9.17, 15) is 14.4 Å². The summed E-state index contributed by atoms with van der Waals surface area (Å²) >= 11 is 0. The highest BCUT2D eigenvalue weighted by molar-refractivity contribution is 6.02. The van der Waals surface area contributed by atoms with Gasteiger partial charge in [0.1, 0.15) is 5.69 Å². The smallest absolute Gasteiger partial charge is 0.324 e. The van der Waals surface area contributed by atoms with Gasteiger partial charge in [0, 0.05) is 24.8 Å². The fourth-order valence-corrected chi connectivity index (χ4v) is 3.12. The maximum absolute atomic E-state index is 12.9. The van der Waals surface area contributed by atoms with E-state index in [2.05, 4.69) is 15.7 Å². The number of nitrogens with one attached hydrogen (secondary N) is 2. The van der Waals surface area contributed by atoms with E-state index in [1.807, 2.05) is 60.7 Å². The molecule has 29 heavy (non-hydrogen) atoms. The van der Waals surface area contributed by atoms with Crippen LogP contribution in [0.4, 0.5) is 4.79 Å². The van der Waals surface area contributed by atoms with E-state index in [1.165, 1.54) is 0 Å². The Kier molecular flexibility index (Phi) is 5.07. The fourth-order valence-electron chi connectivity index (χ4n) is 3.12. The third-order valence-electron chi connectivity index (χ3n) is 4.58. The highest BCUT2D eigenvalue weighted by Gasteiger charge is 2.28. The molecule has 8 nitrogen and oxygen atoms in total. The predicted octanol–water partition coefficient (Wildman–Crippen LogP) is 1.82. The van der Waals surface area contributed by atoms with Gasteiger partial charge in [0.25, 0.3) is 5.91 Å². The molecule has 1 aliphatic heterocycles. The minimum absolute atomic E-state index is 0.00518. The van der Waals surface area contributed by atoms with Crippen molar-refractivity contribution in [2.24, 2.45) is 0 Å². The Morgan fingerprint density at radius 3 is 2.38 bits per heavy atom. The number of para-hydroxylation sites is 1. The van der Waals surface area contributed by atoms with Crippen LogP contribution in [0, 0.1) is 0 Å². The Morgan fingerprint density at radius 2 is 1.72 bits per heavy atom. The number of hydrogen-bond donors (Lipinski definition) is 2. The van der Waals surface area contributed by atoms with Crippen molar-refractivity contribution in [3.05, 3.63) is 72.4 Å². The van der Waals surface area contributed by atoms with Crippen LogP contribution < -0.4 is 10.6 Å². The van der Waals surface area contributed by atoms with Crippen LogP contribution in [0.25, 0.3) is 16.9 Å². The first-order valence-electron chi connectivity index (χ1n) is 9.20. The third kappa shape index (κ3) is 3.86. The lowest BCUT2D eigenvalue weighted by atomic mass is 10.1. The maximum Gasteiger partial charge on any atom is 0.324 e. The standard InChI is InChI=1S/C21H19N5O3/c27-18-13-23-21(29)25(18)12-11-22-20(28)17-14-26(16-9-5-2-6-10-16)24-19(17)15-7-3-1-4-8-15/h1-10,14H,11-13H2,(H,22,28)(H,23,29). The van der Waals surface area contributed by atoms with Gasteiger partial charge in [-0.1, -0.05) is 48.5 Å². The van der Waals surface area contributed by atoms with E-state index in [-0.39, 0.29) is 31.4 Å². The number of nitrogens with zero attached hydrogens (tertiary/aromatic N) is 3. The Morgan fingerprint density at radius 1 is 1.03 bits per heavy atom. The number of urea groups is 1. The molecular weight excluding hydrogens is 370 g/mol. The average molecular weight is 389 g/mol. The summed E-state index contributed by atoms with van der Waals surface area (Å²) in [7, 11) is 0. The summed E-state index contributed by atoms with van der Waals surface area (Å²) in [4.78, 5) is 37.2. The molecule has 3 aromatic rings. The first kappa shape index (κ1) is 18.4. The summed E-state index contributed by atoms with van der Waals surface area (Å²) < 4.78 is 1.66. The van der Waals surface area contributed by atoms with Crippen LogP contribution in [0.2, 0.25) is 0 Å². The molecule has 0 unspecified atom stereocenters. The van der Waals surface area contributed by atoms with Gasteiger partial charge in [0.15, 0.2) is 0 Å². The van der Waals surface area contributed by atoms with Crippen molar-refractivity contribution in [3.8, 4) is 16.9 Å². The minimum atomic E-state index is -0.439. The summed E-state index contributed by atoms with van der Waals surface area (Å²) in [5, 5.41) is 9.84. The van der Waals surface area contributed by atoms with Crippen LogP contribution in [-0.2, 0) is 4.79 Å². The van der Waals surface area contributed by atoms with Gasteiger partial charge in [-0.2, -0.15) is 5.10 Å². The summed E-state index contributed by atoms with van der Waals surface area (Å²) in [6, 6.07) is 18.5. The summed E-state index contributed by atoms with van der Waals surface area (Å²) in [6.07, 6.45) is 1.68. The second-order valence-electron chi connectivity index (χ2n) is 6.50. The Labute approximate surface area is 167 Å². The largest absolute Gasteiger partial charge is 0.350 e. The van der Waals surface area contributed by atoms with Gasteiger partial charge < -0.3 is 10.6 Å². The first-order valence-corrected chi connectivity index (χ1v) is 9.20. The van der Waals surface area contributed by atoms with Crippen LogP contribution in [0.3, 0.4) is 0 Å². The highest BCUT2D eigenvalue weighted by atomic mass is 16.2. The third-order valence-corrected chi connectivity index (χ3v) is 4.58. The van der Waals surface area contributed by atoms with E-state index < -0.39 is 6.03 Å². The molecule has 8 heteroatoms. The molecule has 0 bridgehead atoms. The number of imide groups is 1. The molecule has 2 heterocycles. The second kappa shape index (κ2) is 7.97. The normalized spacial score (nSPS) is 13.4. The Balaban J connectivity index is 1.56. The molecular formula is C21H19N5O3. The lowest BCUT2D eigenvalue weighted by Crippen LogP contribution is -2.38. The van der Waals surface area contributed by atoms with Gasteiger partial charge in [0.05, 0.1) is 17.8 Å². The van der Waals surface area contributed by atoms with Gasteiger partial charge in [-0.15, -0.1) is 0 Å². The van der Waals surface area contributed by atoms with Crippen molar-refractivity contribution in [1.29, 1.82) is 0 Å². The molecule has 1 aromatic heterocycles.